The molecule has 1 amide bonds. The molecule has 0 radical (unpaired) electrons. The zero-order valence-electron chi connectivity index (χ0n) is 15.8. The number of aliphatic imine (C=N–C) groups is 1. The van der Waals surface area contributed by atoms with Gasteiger partial charge in [0, 0.05) is 25.2 Å². The zero-order chi connectivity index (χ0) is 19.6. The van der Waals surface area contributed by atoms with Gasteiger partial charge in [-0.1, -0.05) is 26.0 Å². The predicted octanol–water partition coefficient (Wildman–Crippen LogP) is 4.30. The number of guanidine groups is 1. The van der Waals surface area contributed by atoms with Gasteiger partial charge < -0.3 is 16.0 Å². The van der Waals surface area contributed by atoms with Crippen LogP contribution < -0.4 is 16.0 Å². The highest BCUT2D eigenvalue weighted by Crippen LogP contribution is 2.18. The number of amides is 1. The Morgan fingerprint density at radius 3 is 2.52 bits per heavy atom. The molecular weight excluding hydrogens is 472 g/mol. The fourth-order valence-corrected chi connectivity index (χ4v) is 2.16. The van der Waals surface area contributed by atoms with Gasteiger partial charge in [0.1, 0.15) is 0 Å². The first-order valence-corrected chi connectivity index (χ1v) is 8.67. The molecule has 0 spiro atoms. The molecule has 0 heterocycles. The van der Waals surface area contributed by atoms with Crippen molar-refractivity contribution >= 4 is 41.5 Å². The van der Waals surface area contributed by atoms with Crippen molar-refractivity contribution in [2.24, 2.45) is 10.9 Å². The molecule has 0 aliphatic carbocycles. The quantitative estimate of drug-likeness (QED) is 0.284. The molecule has 9 heteroatoms. The molecule has 0 aliphatic rings. The van der Waals surface area contributed by atoms with Crippen molar-refractivity contribution in [3.05, 3.63) is 29.8 Å². The summed E-state index contributed by atoms with van der Waals surface area (Å²) >= 11 is 0. The number of nitrogens with one attached hydrogen (secondary N) is 3. The van der Waals surface area contributed by atoms with Gasteiger partial charge in [0.2, 0.25) is 5.91 Å². The lowest BCUT2D eigenvalue weighted by Crippen LogP contribution is -2.38. The minimum absolute atomic E-state index is 0. The van der Waals surface area contributed by atoms with E-state index >= 15 is 0 Å². The number of benzene rings is 1. The van der Waals surface area contributed by atoms with Crippen molar-refractivity contribution in [2.75, 3.05) is 18.4 Å². The maximum atomic E-state index is 12.2. The average molecular weight is 500 g/mol. The van der Waals surface area contributed by atoms with E-state index in [1.54, 1.807) is 18.2 Å². The molecule has 0 aliphatic heterocycles. The van der Waals surface area contributed by atoms with Crippen molar-refractivity contribution in [2.45, 2.75) is 46.3 Å². The fraction of sp³-hybridized carbons (Fsp3) is 0.556. The summed E-state index contributed by atoms with van der Waals surface area (Å²) in [6.07, 6.45) is -4.68. The molecular formula is C18H28F3IN4O. The van der Waals surface area contributed by atoms with Gasteiger partial charge in [0.05, 0.1) is 13.0 Å². The van der Waals surface area contributed by atoms with Crippen LogP contribution in [0.2, 0.25) is 0 Å². The van der Waals surface area contributed by atoms with E-state index in [-0.39, 0.29) is 48.9 Å². The first-order valence-electron chi connectivity index (χ1n) is 8.67. The van der Waals surface area contributed by atoms with Crippen LogP contribution in [0.3, 0.4) is 0 Å². The number of carbonyl (C=O) groups is 1. The summed E-state index contributed by atoms with van der Waals surface area (Å²) in [6, 6.07) is 7.25. The van der Waals surface area contributed by atoms with Crippen LogP contribution in [0.4, 0.5) is 18.9 Å². The zero-order valence-corrected chi connectivity index (χ0v) is 18.2. The molecule has 0 fully saturated rings. The molecule has 1 aromatic carbocycles. The first-order chi connectivity index (χ1) is 12.2. The number of carbonyl (C=O) groups excluding carboxylic acids is 1. The van der Waals surface area contributed by atoms with Gasteiger partial charge in [-0.05, 0) is 30.5 Å². The van der Waals surface area contributed by atoms with Crippen LogP contribution in [0.25, 0.3) is 0 Å². The molecule has 3 N–H and O–H groups in total. The van der Waals surface area contributed by atoms with Crippen molar-refractivity contribution < 1.29 is 18.0 Å². The highest BCUT2D eigenvalue weighted by atomic mass is 127. The van der Waals surface area contributed by atoms with Crippen LogP contribution in [-0.4, -0.2) is 31.1 Å². The standard InChI is InChI=1S/C18H27F3N4O.HI/c1-4-22-17(23-9-8-18(19,20)21)24-12-14-6-5-7-15(11-14)25-16(26)10-13(2)3;/h5-7,11,13H,4,8-10,12H2,1-3H3,(H,25,26)(H2,22,23,24);1H. The fourth-order valence-electron chi connectivity index (χ4n) is 2.16. The summed E-state index contributed by atoms with van der Waals surface area (Å²) in [7, 11) is 0. The van der Waals surface area contributed by atoms with Gasteiger partial charge in [0.15, 0.2) is 5.96 Å². The lowest BCUT2D eigenvalue weighted by Gasteiger charge is -2.13. The molecule has 27 heavy (non-hydrogen) atoms. The largest absolute Gasteiger partial charge is 0.390 e. The number of alkyl halides is 3. The highest BCUT2D eigenvalue weighted by molar-refractivity contribution is 14.0. The topological polar surface area (TPSA) is 65.5 Å². The Hall–Kier alpha value is -1.52. The Bertz CT molecular complexity index is 607. The molecule has 154 valence electrons. The predicted molar refractivity (Wildman–Crippen MR) is 113 cm³/mol. The van der Waals surface area contributed by atoms with E-state index in [1.165, 1.54) is 0 Å². The molecule has 0 unspecified atom stereocenters. The van der Waals surface area contributed by atoms with Crippen LogP contribution in [-0.2, 0) is 11.3 Å². The molecule has 1 aromatic rings. The smallest absolute Gasteiger partial charge is 0.357 e. The molecule has 0 atom stereocenters. The summed E-state index contributed by atoms with van der Waals surface area (Å²) in [4.78, 5) is 16.1. The summed E-state index contributed by atoms with van der Waals surface area (Å²) in [5.41, 5.74) is 1.53. The number of halogens is 4. The summed E-state index contributed by atoms with van der Waals surface area (Å²) in [6.45, 7) is 6.38. The number of nitrogens with zero attached hydrogens (tertiary/aromatic N) is 1. The van der Waals surface area contributed by atoms with Crippen LogP contribution in [0.5, 0.6) is 0 Å². The first kappa shape index (κ1) is 25.5. The Labute approximate surface area is 175 Å². The van der Waals surface area contributed by atoms with E-state index in [1.807, 2.05) is 26.8 Å². The normalized spacial score (nSPS) is 11.7. The molecule has 1 rings (SSSR count). The van der Waals surface area contributed by atoms with Crippen molar-refractivity contribution in [3.63, 3.8) is 0 Å². The minimum Gasteiger partial charge on any atom is -0.357 e. The molecule has 0 saturated carbocycles. The average Bonchev–Trinajstić information content (AvgIpc) is 2.51. The van der Waals surface area contributed by atoms with Crippen molar-refractivity contribution in [1.82, 2.24) is 10.6 Å². The van der Waals surface area contributed by atoms with Gasteiger partial charge in [-0.25, -0.2) is 4.99 Å². The van der Waals surface area contributed by atoms with E-state index in [2.05, 4.69) is 20.9 Å². The van der Waals surface area contributed by atoms with E-state index in [9.17, 15) is 18.0 Å². The van der Waals surface area contributed by atoms with E-state index in [4.69, 9.17) is 0 Å². The van der Waals surface area contributed by atoms with Gasteiger partial charge in [-0.15, -0.1) is 24.0 Å². The number of hydrogen-bond acceptors (Lipinski definition) is 2. The maximum Gasteiger partial charge on any atom is 0.390 e. The lowest BCUT2D eigenvalue weighted by atomic mass is 10.1. The van der Waals surface area contributed by atoms with Crippen LogP contribution in [0.1, 0.15) is 39.2 Å². The van der Waals surface area contributed by atoms with Crippen molar-refractivity contribution in [3.8, 4) is 0 Å². The minimum atomic E-state index is -4.20. The SMILES string of the molecule is CCNC(=NCc1cccc(NC(=O)CC(C)C)c1)NCCC(F)(F)F.I. The van der Waals surface area contributed by atoms with Crippen molar-refractivity contribution in [1.29, 1.82) is 0 Å². The maximum absolute atomic E-state index is 12.2. The monoisotopic (exact) mass is 500 g/mol. The van der Waals surface area contributed by atoms with Crippen LogP contribution in [0, 0.1) is 5.92 Å². The van der Waals surface area contributed by atoms with Gasteiger partial charge in [-0.2, -0.15) is 13.2 Å². The Morgan fingerprint density at radius 1 is 1.22 bits per heavy atom. The van der Waals surface area contributed by atoms with Gasteiger partial charge >= 0.3 is 6.18 Å². The Kier molecular flexibility index (Phi) is 12.1. The second-order valence-corrected chi connectivity index (χ2v) is 6.33. The highest BCUT2D eigenvalue weighted by Gasteiger charge is 2.26. The summed E-state index contributed by atoms with van der Waals surface area (Å²) in [5.74, 6) is 0.544. The third-order valence-corrected chi connectivity index (χ3v) is 3.27. The molecule has 5 nitrogen and oxygen atoms in total. The Morgan fingerprint density at radius 2 is 1.93 bits per heavy atom. The lowest BCUT2D eigenvalue weighted by molar-refractivity contribution is -0.132. The van der Waals surface area contributed by atoms with Gasteiger partial charge in [-0.3, -0.25) is 4.79 Å². The molecule has 0 saturated heterocycles. The third-order valence-electron chi connectivity index (χ3n) is 3.27. The summed E-state index contributed by atoms with van der Waals surface area (Å²) < 4.78 is 36.7. The Balaban J connectivity index is 0.00000676. The molecule has 0 aromatic heterocycles. The van der Waals surface area contributed by atoms with E-state index in [0.717, 1.165) is 5.56 Å². The number of anilines is 1. The van der Waals surface area contributed by atoms with E-state index in [0.29, 0.717) is 24.6 Å². The van der Waals surface area contributed by atoms with E-state index < -0.39 is 12.6 Å². The number of rotatable bonds is 8. The van der Waals surface area contributed by atoms with Gasteiger partial charge in [0.25, 0.3) is 0 Å². The third kappa shape index (κ3) is 12.5. The summed E-state index contributed by atoms with van der Waals surface area (Å²) in [5, 5.41) is 8.41. The second kappa shape index (κ2) is 12.8. The van der Waals surface area contributed by atoms with Crippen LogP contribution >= 0.6 is 24.0 Å². The van der Waals surface area contributed by atoms with Crippen LogP contribution in [0.15, 0.2) is 29.3 Å². The number of hydrogen-bond donors (Lipinski definition) is 3. The molecule has 0 bridgehead atoms. The second-order valence-electron chi connectivity index (χ2n) is 6.33.